The lowest BCUT2D eigenvalue weighted by atomic mass is 10.1. The third-order valence-electron chi connectivity index (χ3n) is 1.78. The van der Waals surface area contributed by atoms with Gasteiger partial charge in [-0.15, -0.1) is 0 Å². The van der Waals surface area contributed by atoms with Crippen LogP contribution in [0.1, 0.15) is 13.8 Å². The molecule has 1 aliphatic rings. The molecule has 1 aliphatic heterocycles. The van der Waals surface area contributed by atoms with Gasteiger partial charge in [0, 0.05) is 12.6 Å². The topological polar surface area (TPSA) is 85.9 Å². The summed E-state index contributed by atoms with van der Waals surface area (Å²) >= 11 is 0. The number of hydrogen-bond donors (Lipinski definition) is 1. The molecule has 1 rings (SSSR count). The predicted octanol–water partition coefficient (Wildman–Crippen LogP) is 1.24. The van der Waals surface area contributed by atoms with Crippen LogP contribution in [0.2, 0.25) is 0 Å². The third-order valence-corrected chi connectivity index (χ3v) is 1.78. The Labute approximate surface area is 92.9 Å². The van der Waals surface area contributed by atoms with Crippen LogP contribution in [0, 0.1) is 22.7 Å². The van der Waals surface area contributed by atoms with E-state index in [1.807, 2.05) is 0 Å². The number of hydrogen-bond acceptors (Lipinski definition) is 5. The van der Waals surface area contributed by atoms with E-state index in [-0.39, 0.29) is 17.0 Å². The zero-order chi connectivity index (χ0) is 12.1. The Morgan fingerprint density at radius 3 is 2.50 bits per heavy atom. The van der Waals surface area contributed by atoms with Gasteiger partial charge in [-0.25, -0.2) is 0 Å². The maximum Gasteiger partial charge on any atom is 0.308 e. The molecule has 0 aromatic rings. The van der Waals surface area contributed by atoms with Crippen LogP contribution in [-0.4, -0.2) is 5.97 Å². The number of carbonyl (C=O) groups excluding carboxylic acids is 1. The van der Waals surface area contributed by atoms with Gasteiger partial charge in [0.1, 0.15) is 17.8 Å². The molecule has 1 heterocycles. The molecule has 80 valence electrons. The van der Waals surface area contributed by atoms with E-state index in [1.54, 1.807) is 25.1 Å². The van der Waals surface area contributed by atoms with Crippen LogP contribution in [0.25, 0.3) is 0 Å². The predicted molar refractivity (Wildman–Crippen MR) is 55.0 cm³/mol. The van der Waals surface area contributed by atoms with Crippen LogP contribution < -0.4 is 5.32 Å². The fraction of sp³-hybridized carbons (Fsp3) is 0.182. The molecule has 0 aromatic carbocycles. The molecule has 0 bridgehead atoms. The normalized spacial score (nSPS) is 13.6. The van der Waals surface area contributed by atoms with Gasteiger partial charge in [-0.05, 0) is 19.1 Å². The first-order valence-electron chi connectivity index (χ1n) is 4.47. The van der Waals surface area contributed by atoms with Crippen LogP contribution in [0.3, 0.4) is 0 Å². The van der Waals surface area contributed by atoms with Gasteiger partial charge in [-0.3, -0.25) is 4.79 Å². The Balaban J connectivity index is 3.21. The van der Waals surface area contributed by atoms with Crippen LogP contribution >= 0.6 is 0 Å². The van der Waals surface area contributed by atoms with E-state index in [4.69, 9.17) is 15.3 Å². The Bertz CT molecular complexity index is 482. The summed E-state index contributed by atoms with van der Waals surface area (Å²) in [5, 5.41) is 20.3. The summed E-state index contributed by atoms with van der Waals surface area (Å²) in [7, 11) is 0. The van der Waals surface area contributed by atoms with Crippen molar-refractivity contribution in [1.82, 2.24) is 5.32 Å². The molecule has 0 fully saturated rings. The van der Waals surface area contributed by atoms with Crippen molar-refractivity contribution in [3.63, 3.8) is 0 Å². The van der Waals surface area contributed by atoms with Crippen molar-refractivity contribution in [3.8, 4) is 12.1 Å². The summed E-state index contributed by atoms with van der Waals surface area (Å²) in [5.41, 5.74) is 0.856. The van der Waals surface area contributed by atoms with Crippen molar-refractivity contribution < 1.29 is 9.53 Å². The monoisotopic (exact) mass is 215 g/mol. The maximum atomic E-state index is 10.8. The molecular weight excluding hydrogens is 206 g/mol. The largest absolute Gasteiger partial charge is 0.424 e. The van der Waals surface area contributed by atoms with Gasteiger partial charge in [-0.1, -0.05) is 0 Å². The minimum Gasteiger partial charge on any atom is -0.424 e. The van der Waals surface area contributed by atoms with Crippen molar-refractivity contribution in [2.45, 2.75) is 13.8 Å². The van der Waals surface area contributed by atoms with Gasteiger partial charge in [0.05, 0.1) is 0 Å². The molecule has 16 heavy (non-hydrogen) atoms. The summed E-state index contributed by atoms with van der Waals surface area (Å²) in [6.45, 7) is 3.02. The van der Waals surface area contributed by atoms with Gasteiger partial charge in [0.25, 0.3) is 0 Å². The number of rotatable bonds is 1. The van der Waals surface area contributed by atoms with E-state index in [9.17, 15) is 4.79 Å². The standard InChI is InChI=1S/C11H9N3O2/c1-7-3-4-10(16-8(2)15)11(14-7)9(5-12)6-13/h3-4,14H,1-2H3. The highest BCUT2D eigenvalue weighted by atomic mass is 16.5. The van der Waals surface area contributed by atoms with Gasteiger partial charge in [-0.2, -0.15) is 10.5 Å². The van der Waals surface area contributed by atoms with Crippen molar-refractivity contribution >= 4 is 5.97 Å². The van der Waals surface area contributed by atoms with Crippen molar-refractivity contribution in [2.24, 2.45) is 0 Å². The number of nitrogens with one attached hydrogen (secondary N) is 1. The van der Waals surface area contributed by atoms with Gasteiger partial charge < -0.3 is 10.1 Å². The van der Waals surface area contributed by atoms with E-state index in [1.165, 1.54) is 13.0 Å². The molecule has 0 aliphatic carbocycles. The zero-order valence-electron chi connectivity index (χ0n) is 8.87. The van der Waals surface area contributed by atoms with Crippen molar-refractivity contribution in [2.75, 3.05) is 0 Å². The number of nitriles is 2. The van der Waals surface area contributed by atoms with Crippen molar-refractivity contribution in [1.29, 1.82) is 10.5 Å². The average molecular weight is 215 g/mol. The minimum absolute atomic E-state index is 0.125. The molecule has 0 spiro atoms. The summed E-state index contributed by atoms with van der Waals surface area (Å²) in [6, 6.07) is 3.48. The number of ether oxygens (including phenoxy) is 1. The Kier molecular flexibility index (Phi) is 3.47. The van der Waals surface area contributed by atoms with E-state index < -0.39 is 5.97 Å². The fourth-order valence-corrected chi connectivity index (χ4v) is 1.15. The lowest BCUT2D eigenvalue weighted by molar-refractivity contribution is -0.136. The molecule has 5 nitrogen and oxygen atoms in total. The maximum absolute atomic E-state index is 10.8. The summed E-state index contributed by atoms with van der Waals surface area (Å²) in [5.74, 6) is -0.329. The third kappa shape index (κ3) is 2.49. The van der Waals surface area contributed by atoms with E-state index >= 15 is 0 Å². The second kappa shape index (κ2) is 4.81. The molecule has 0 unspecified atom stereocenters. The number of dihydropyridines is 1. The first kappa shape index (κ1) is 11.5. The Morgan fingerprint density at radius 2 is 2.00 bits per heavy atom. The molecule has 0 saturated heterocycles. The van der Waals surface area contributed by atoms with Gasteiger partial charge >= 0.3 is 5.97 Å². The van der Waals surface area contributed by atoms with E-state index in [2.05, 4.69) is 5.32 Å². The quantitative estimate of drug-likeness (QED) is 0.525. The molecule has 5 heteroatoms. The van der Waals surface area contributed by atoms with Crippen LogP contribution in [-0.2, 0) is 9.53 Å². The lowest BCUT2D eigenvalue weighted by Crippen LogP contribution is -2.20. The van der Waals surface area contributed by atoms with Crippen LogP contribution in [0.5, 0.6) is 0 Å². The molecule has 0 amide bonds. The van der Waals surface area contributed by atoms with Gasteiger partial charge in [0.15, 0.2) is 11.3 Å². The van der Waals surface area contributed by atoms with E-state index in [0.29, 0.717) is 0 Å². The average Bonchev–Trinajstić information content (AvgIpc) is 2.23. The number of esters is 1. The second-order valence-corrected chi connectivity index (χ2v) is 3.07. The van der Waals surface area contributed by atoms with E-state index in [0.717, 1.165) is 5.70 Å². The first-order valence-corrected chi connectivity index (χ1v) is 4.47. The Hall–Kier alpha value is -2.53. The molecule has 0 aromatic heterocycles. The number of carbonyl (C=O) groups is 1. The summed E-state index contributed by atoms with van der Waals surface area (Å²) in [6.07, 6.45) is 3.23. The number of allylic oxidation sites excluding steroid dienone is 4. The van der Waals surface area contributed by atoms with Crippen LogP contribution in [0.4, 0.5) is 0 Å². The van der Waals surface area contributed by atoms with Crippen LogP contribution in [0.15, 0.2) is 34.9 Å². The zero-order valence-corrected chi connectivity index (χ0v) is 8.87. The highest BCUT2D eigenvalue weighted by Gasteiger charge is 2.17. The lowest BCUT2D eigenvalue weighted by Gasteiger charge is -2.17. The number of nitrogens with zero attached hydrogens (tertiary/aromatic N) is 2. The SMILES string of the molecule is CC(=O)OC1=CC=C(C)NC1=C(C#N)C#N. The highest BCUT2D eigenvalue weighted by molar-refractivity contribution is 5.69. The summed E-state index contributed by atoms with van der Waals surface area (Å²) in [4.78, 5) is 10.8. The molecular formula is C11H9N3O2. The fourth-order valence-electron chi connectivity index (χ4n) is 1.15. The molecule has 1 N–H and O–H groups in total. The smallest absolute Gasteiger partial charge is 0.308 e. The molecule has 0 radical (unpaired) electrons. The molecule has 0 saturated carbocycles. The minimum atomic E-state index is -0.506. The summed E-state index contributed by atoms with van der Waals surface area (Å²) < 4.78 is 4.89. The molecule has 0 atom stereocenters. The van der Waals surface area contributed by atoms with Gasteiger partial charge in [0.2, 0.25) is 0 Å². The Morgan fingerprint density at radius 1 is 1.38 bits per heavy atom. The van der Waals surface area contributed by atoms with Crippen molar-refractivity contribution in [3.05, 3.63) is 34.9 Å². The second-order valence-electron chi connectivity index (χ2n) is 3.07. The first-order chi connectivity index (χ1) is 7.58. The highest BCUT2D eigenvalue weighted by Crippen LogP contribution is 2.19.